The number of ether oxygens (including phenoxy) is 3. The molecule has 0 radical (unpaired) electrons. The van der Waals surface area contributed by atoms with E-state index in [-0.39, 0.29) is 11.9 Å². The maximum atomic E-state index is 13.1. The summed E-state index contributed by atoms with van der Waals surface area (Å²) in [6.07, 6.45) is 2.78. The van der Waals surface area contributed by atoms with Gasteiger partial charge in [-0.3, -0.25) is 9.69 Å². The molecule has 1 aliphatic heterocycles. The van der Waals surface area contributed by atoms with Gasteiger partial charge in [0.1, 0.15) is 12.4 Å². The molecule has 3 rings (SSSR count). The van der Waals surface area contributed by atoms with Crippen LogP contribution in [0.3, 0.4) is 0 Å². The first kappa shape index (κ1) is 26.7. The van der Waals surface area contributed by atoms with Gasteiger partial charge in [0, 0.05) is 26.2 Å². The zero-order valence-corrected chi connectivity index (χ0v) is 22.0. The van der Waals surface area contributed by atoms with Crippen molar-refractivity contribution in [1.82, 2.24) is 9.80 Å². The SMILES string of the molecule is C=C(/C=C\S)CN1CCc2cc(OC)c(OC)cc2C1COc1ccccc1C(=O)N(CC)CC. The molecule has 0 bridgehead atoms. The molecule has 1 atom stereocenters. The van der Waals surface area contributed by atoms with E-state index < -0.39 is 0 Å². The van der Waals surface area contributed by atoms with Crippen LogP contribution in [0, 0.1) is 0 Å². The van der Waals surface area contributed by atoms with Crippen LogP contribution in [0.1, 0.15) is 41.4 Å². The van der Waals surface area contributed by atoms with Crippen LogP contribution >= 0.6 is 12.6 Å². The molecule has 35 heavy (non-hydrogen) atoms. The molecule has 2 aromatic carbocycles. The van der Waals surface area contributed by atoms with E-state index in [1.807, 2.05) is 50.3 Å². The number of amides is 1. The van der Waals surface area contributed by atoms with Crippen LogP contribution in [0.25, 0.3) is 0 Å². The first-order valence-electron chi connectivity index (χ1n) is 12.0. The molecule has 0 aliphatic carbocycles. The van der Waals surface area contributed by atoms with Crippen LogP contribution in [0.15, 0.2) is 60.0 Å². The molecule has 7 heteroatoms. The topological polar surface area (TPSA) is 51.2 Å². The lowest BCUT2D eigenvalue weighted by atomic mass is 9.91. The molecule has 0 spiro atoms. The van der Waals surface area contributed by atoms with Crippen LogP contribution in [0.4, 0.5) is 0 Å². The second kappa shape index (κ2) is 12.7. The summed E-state index contributed by atoms with van der Waals surface area (Å²) in [6.45, 7) is 11.3. The Morgan fingerprint density at radius 3 is 2.49 bits per heavy atom. The van der Waals surface area contributed by atoms with Gasteiger partial charge in [-0.05, 0) is 66.6 Å². The lowest BCUT2D eigenvalue weighted by Gasteiger charge is -2.38. The zero-order valence-electron chi connectivity index (χ0n) is 21.1. The average Bonchev–Trinajstić information content (AvgIpc) is 2.88. The van der Waals surface area contributed by atoms with Gasteiger partial charge in [0.05, 0.1) is 25.8 Å². The summed E-state index contributed by atoms with van der Waals surface area (Å²) >= 11 is 4.19. The largest absolute Gasteiger partial charge is 0.493 e. The first-order chi connectivity index (χ1) is 17.0. The molecule has 2 aromatic rings. The van der Waals surface area contributed by atoms with E-state index in [9.17, 15) is 4.79 Å². The van der Waals surface area contributed by atoms with Gasteiger partial charge in [-0.25, -0.2) is 0 Å². The van der Waals surface area contributed by atoms with E-state index in [2.05, 4.69) is 30.2 Å². The standard InChI is InChI=1S/C28H36N2O4S/c1-6-29(7-2)28(31)22-10-8-9-11-25(22)34-19-24-23-17-27(33-5)26(32-4)16-21(23)12-14-30(24)18-20(3)13-15-35/h8-11,13,15-17,24,35H,3,6-7,12,14,18-19H2,1-2,4-5H3/b15-13-. The third-order valence-corrected chi connectivity index (χ3v) is 6.54. The van der Waals surface area contributed by atoms with Gasteiger partial charge in [-0.15, -0.1) is 0 Å². The molecule has 1 aliphatic rings. The van der Waals surface area contributed by atoms with E-state index in [4.69, 9.17) is 14.2 Å². The van der Waals surface area contributed by atoms with Gasteiger partial charge in [-0.2, -0.15) is 12.6 Å². The molecule has 6 nitrogen and oxygen atoms in total. The Morgan fingerprint density at radius 1 is 1.14 bits per heavy atom. The van der Waals surface area contributed by atoms with Crippen molar-refractivity contribution in [2.24, 2.45) is 0 Å². The molecule has 0 saturated carbocycles. The van der Waals surface area contributed by atoms with Crippen LogP contribution in [0.5, 0.6) is 17.2 Å². The molecular weight excluding hydrogens is 460 g/mol. The normalized spacial score (nSPS) is 15.5. The van der Waals surface area contributed by atoms with Gasteiger partial charge < -0.3 is 19.1 Å². The number of thiol groups is 1. The Kier molecular flexibility index (Phi) is 9.69. The van der Waals surface area contributed by atoms with Crippen LogP contribution in [-0.2, 0) is 6.42 Å². The van der Waals surface area contributed by atoms with Crippen LogP contribution in [-0.4, -0.2) is 62.7 Å². The smallest absolute Gasteiger partial charge is 0.257 e. The fourth-order valence-corrected chi connectivity index (χ4v) is 4.71. The van der Waals surface area contributed by atoms with Crippen molar-refractivity contribution in [2.75, 3.05) is 47.0 Å². The van der Waals surface area contributed by atoms with Crippen molar-refractivity contribution in [2.45, 2.75) is 26.3 Å². The summed E-state index contributed by atoms with van der Waals surface area (Å²) in [4.78, 5) is 17.2. The maximum absolute atomic E-state index is 13.1. The van der Waals surface area contributed by atoms with Gasteiger partial charge in [-0.1, -0.05) is 24.8 Å². The number of fused-ring (bicyclic) bond motifs is 1. The number of nitrogens with zero attached hydrogens (tertiary/aromatic N) is 2. The number of carbonyl (C=O) groups is 1. The number of hydrogen-bond donors (Lipinski definition) is 1. The van der Waals surface area contributed by atoms with Gasteiger partial charge in [0.25, 0.3) is 5.91 Å². The first-order valence-corrected chi connectivity index (χ1v) is 12.5. The number of rotatable bonds is 11. The Labute approximate surface area is 214 Å². The summed E-state index contributed by atoms with van der Waals surface area (Å²) in [6, 6.07) is 11.5. The summed E-state index contributed by atoms with van der Waals surface area (Å²) in [7, 11) is 3.29. The summed E-state index contributed by atoms with van der Waals surface area (Å²) in [5.74, 6) is 1.97. The molecule has 0 fully saturated rings. The Hall–Kier alpha value is -2.90. The average molecular weight is 497 g/mol. The minimum Gasteiger partial charge on any atom is -0.493 e. The van der Waals surface area contributed by atoms with Gasteiger partial charge in [0.15, 0.2) is 11.5 Å². The molecule has 0 aromatic heterocycles. The van der Waals surface area contributed by atoms with Crippen molar-refractivity contribution in [3.63, 3.8) is 0 Å². The van der Waals surface area contributed by atoms with E-state index in [1.165, 1.54) is 5.56 Å². The van der Waals surface area contributed by atoms with Gasteiger partial charge in [0.2, 0.25) is 0 Å². The number of methoxy groups -OCH3 is 2. The quantitative estimate of drug-likeness (QED) is 0.344. The number of benzene rings is 2. The molecular formula is C28H36N2O4S. The highest BCUT2D eigenvalue weighted by Crippen LogP contribution is 2.39. The highest BCUT2D eigenvalue weighted by atomic mass is 32.1. The molecule has 0 saturated heterocycles. The Balaban J connectivity index is 1.95. The molecule has 1 heterocycles. The van der Waals surface area contributed by atoms with E-state index >= 15 is 0 Å². The predicted octanol–water partition coefficient (Wildman–Crippen LogP) is 5.16. The summed E-state index contributed by atoms with van der Waals surface area (Å²) in [5.41, 5.74) is 3.87. The number of carbonyl (C=O) groups excluding carboxylic acids is 1. The highest BCUT2D eigenvalue weighted by molar-refractivity contribution is 7.83. The molecule has 1 unspecified atom stereocenters. The van der Waals surface area contributed by atoms with E-state index in [0.29, 0.717) is 43.3 Å². The van der Waals surface area contributed by atoms with E-state index in [0.717, 1.165) is 29.9 Å². The third kappa shape index (κ3) is 6.21. The van der Waals surface area contributed by atoms with Crippen molar-refractivity contribution in [1.29, 1.82) is 0 Å². The van der Waals surface area contributed by atoms with Gasteiger partial charge >= 0.3 is 0 Å². The number of para-hydroxylation sites is 1. The fraction of sp³-hybridized carbons (Fsp3) is 0.393. The summed E-state index contributed by atoms with van der Waals surface area (Å²) in [5, 5.41) is 1.70. The van der Waals surface area contributed by atoms with Crippen LogP contribution < -0.4 is 14.2 Å². The molecule has 188 valence electrons. The summed E-state index contributed by atoms with van der Waals surface area (Å²) < 4.78 is 17.5. The predicted molar refractivity (Wildman–Crippen MR) is 144 cm³/mol. The number of hydrogen-bond acceptors (Lipinski definition) is 6. The minimum atomic E-state index is -0.0553. The Bertz CT molecular complexity index is 1060. The zero-order chi connectivity index (χ0) is 25.4. The van der Waals surface area contributed by atoms with Crippen molar-refractivity contribution in [3.8, 4) is 17.2 Å². The lowest BCUT2D eigenvalue weighted by Crippen LogP contribution is -2.39. The highest BCUT2D eigenvalue weighted by Gasteiger charge is 2.30. The second-order valence-corrected chi connectivity index (χ2v) is 8.70. The second-order valence-electron chi connectivity index (χ2n) is 8.40. The van der Waals surface area contributed by atoms with Crippen molar-refractivity contribution in [3.05, 3.63) is 76.7 Å². The van der Waals surface area contributed by atoms with Crippen LogP contribution in [0.2, 0.25) is 0 Å². The molecule has 0 N–H and O–H groups in total. The monoisotopic (exact) mass is 496 g/mol. The minimum absolute atomic E-state index is 0.0230. The van der Waals surface area contributed by atoms with Crippen molar-refractivity contribution >= 4 is 18.5 Å². The third-order valence-electron chi connectivity index (χ3n) is 6.39. The molecule has 1 amide bonds. The lowest BCUT2D eigenvalue weighted by molar-refractivity contribution is 0.0764. The Morgan fingerprint density at radius 2 is 1.83 bits per heavy atom. The maximum Gasteiger partial charge on any atom is 0.257 e. The van der Waals surface area contributed by atoms with E-state index in [1.54, 1.807) is 24.5 Å². The van der Waals surface area contributed by atoms with Crippen molar-refractivity contribution < 1.29 is 19.0 Å². The fourth-order valence-electron chi connectivity index (χ4n) is 4.50.